The summed E-state index contributed by atoms with van der Waals surface area (Å²) < 4.78 is 3.78. The van der Waals surface area contributed by atoms with Gasteiger partial charge >= 0.3 is 153 Å². The maximum Gasteiger partial charge on any atom is -0.147 e. The second kappa shape index (κ2) is 10.3. The Hall–Kier alpha value is 0.471. The van der Waals surface area contributed by atoms with Crippen LogP contribution in [0.15, 0.2) is 42.2 Å². The zero-order valence-corrected chi connectivity index (χ0v) is 22.4. The van der Waals surface area contributed by atoms with Crippen molar-refractivity contribution in [3.05, 3.63) is 42.2 Å². The first-order chi connectivity index (χ1) is 11.2. The molecule has 150 valence electrons. The second-order valence-corrected chi connectivity index (χ2v) is 28.3. The molecule has 0 N–H and O–H groups in total. The number of unbranched alkanes of at least 4 members (excludes halogenated alkanes) is 2. The fourth-order valence-corrected chi connectivity index (χ4v) is 14.6. The third-order valence-corrected chi connectivity index (χ3v) is 17.2. The molecular weight excluding hydrogens is 411 g/mol. The minimum absolute atomic E-state index is 0. The van der Waals surface area contributed by atoms with E-state index < -0.39 is 14.0 Å². The number of hydrogen-bond acceptors (Lipinski definition) is 0. The summed E-state index contributed by atoms with van der Waals surface area (Å²) in [7, 11) is 2.43. The van der Waals surface area contributed by atoms with Crippen molar-refractivity contribution in [3.63, 3.8) is 0 Å². The summed E-state index contributed by atoms with van der Waals surface area (Å²) in [5, 5.41) is 5.41. The van der Waals surface area contributed by atoms with E-state index in [2.05, 4.69) is 57.9 Å². The predicted octanol–water partition coefficient (Wildman–Crippen LogP) is 7.75. The molecule has 0 saturated carbocycles. The topological polar surface area (TPSA) is 0 Å². The number of halogens is 2. The Balaban J connectivity index is 0.00000312. The van der Waals surface area contributed by atoms with E-state index in [-0.39, 0.29) is 24.8 Å². The van der Waals surface area contributed by atoms with Crippen LogP contribution < -0.4 is 0 Å². The van der Waals surface area contributed by atoms with Gasteiger partial charge in [0.15, 0.2) is 0 Å². The Labute approximate surface area is 177 Å². The zero-order valence-electron chi connectivity index (χ0n) is 17.8. The molecule has 0 fully saturated rings. The predicted molar refractivity (Wildman–Crippen MR) is 125 cm³/mol. The first-order valence-electron chi connectivity index (χ1n) is 10.0. The van der Waals surface area contributed by atoms with Crippen LogP contribution in [-0.2, 0) is 14.0 Å². The van der Waals surface area contributed by atoms with Gasteiger partial charge in [-0.25, -0.2) is 0 Å². The molecule has 0 saturated heterocycles. The fraction of sp³-hybridized carbons (Fsp3) is 0.636. The van der Waals surface area contributed by atoms with Gasteiger partial charge in [0.2, 0.25) is 0 Å². The molecule has 0 unspecified atom stereocenters. The summed E-state index contributed by atoms with van der Waals surface area (Å²) in [5.74, 6) is 0. The molecule has 0 aromatic carbocycles. The van der Waals surface area contributed by atoms with Gasteiger partial charge in [0.05, 0.1) is 0 Å². The van der Waals surface area contributed by atoms with Crippen LogP contribution in [0.2, 0.25) is 10.5 Å². The van der Waals surface area contributed by atoms with Crippen LogP contribution in [-0.4, -0.2) is 7.63 Å². The van der Waals surface area contributed by atoms with Gasteiger partial charge in [0.25, 0.3) is 0 Å². The van der Waals surface area contributed by atoms with Crippen molar-refractivity contribution in [1.82, 2.24) is 0 Å². The van der Waals surface area contributed by atoms with E-state index in [9.17, 15) is 0 Å². The molecule has 0 aromatic rings. The molecule has 0 atom stereocenters. The molecule has 4 heteroatoms. The maximum atomic E-state index is 2.71. The van der Waals surface area contributed by atoms with Crippen molar-refractivity contribution >= 4 is 32.4 Å². The molecule has 0 nitrogen and oxygen atoms in total. The summed E-state index contributed by atoms with van der Waals surface area (Å²) >= 11 is -2.77. The molecule has 0 heterocycles. The van der Waals surface area contributed by atoms with Crippen LogP contribution >= 0.6 is 24.8 Å². The molecule has 0 amide bonds. The fourth-order valence-electron chi connectivity index (χ4n) is 4.62. The summed E-state index contributed by atoms with van der Waals surface area (Å²) in [6.07, 6.45) is 15.5. The Kier molecular flexibility index (Phi) is 10.5. The monoisotopic (exact) mass is 450 g/mol. The molecule has 2 rings (SSSR count). The SMILES string of the molecule is CCCCC1=[C]([Ti]([CH3])([CH3])(=[SiH2])[C]2=C(CCCC)C=C(C)C2)CC(C)=C1.Cl.Cl. The zero-order chi connectivity index (χ0) is 18.0. The van der Waals surface area contributed by atoms with Crippen LogP contribution in [0.25, 0.3) is 0 Å². The third kappa shape index (κ3) is 5.74. The molecule has 2 aliphatic carbocycles. The van der Waals surface area contributed by atoms with E-state index in [1.54, 1.807) is 22.3 Å². The van der Waals surface area contributed by atoms with Crippen molar-refractivity contribution < 1.29 is 14.0 Å². The smallest absolute Gasteiger partial charge is 0.147 e. The molecule has 0 bridgehead atoms. The van der Waals surface area contributed by atoms with E-state index >= 15 is 0 Å². The van der Waals surface area contributed by atoms with Crippen molar-refractivity contribution in [2.24, 2.45) is 0 Å². The van der Waals surface area contributed by atoms with Gasteiger partial charge < -0.3 is 0 Å². The van der Waals surface area contributed by atoms with Crippen molar-refractivity contribution in [1.29, 1.82) is 0 Å². The third-order valence-electron chi connectivity index (χ3n) is 6.06. The van der Waals surface area contributed by atoms with Crippen LogP contribution in [0, 0.1) is 0 Å². The normalized spacial score (nSPS) is 17.8. The Bertz CT molecular complexity index is 648. The Morgan fingerprint density at radius 2 is 1.15 bits per heavy atom. The minimum Gasteiger partial charge on any atom is -0.147 e. The average molecular weight is 451 g/mol. The molecule has 26 heavy (non-hydrogen) atoms. The van der Waals surface area contributed by atoms with Crippen LogP contribution in [0.3, 0.4) is 0 Å². The van der Waals surface area contributed by atoms with Gasteiger partial charge in [0, 0.05) is 0 Å². The Morgan fingerprint density at radius 1 is 0.808 bits per heavy atom. The maximum absolute atomic E-state index is 2.77. The van der Waals surface area contributed by atoms with E-state index in [0.29, 0.717) is 0 Å². The summed E-state index contributed by atoms with van der Waals surface area (Å²) in [6.45, 7) is 9.32. The van der Waals surface area contributed by atoms with Crippen LogP contribution in [0.1, 0.15) is 79.1 Å². The molecule has 0 spiro atoms. The van der Waals surface area contributed by atoms with Gasteiger partial charge in [-0.3, -0.25) is 0 Å². The number of hydrogen-bond donors (Lipinski definition) is 0. The second-order valence-electron chi connectivity index (χ2n) is 9.24. The molecule has 2 aliphatic rings. The van der Waals surface area contributed by atoms with Crippen molar-refractivity contribution in [2.45, 2.75) is 89.5 Å². The number of rotatable bonds is 8. The van der Waals surface area contributed by atoms with E-state index in [0.717, 1.165) is 0 Å². The molecule has 0 aromatic heterocycles. The van der Waals surface area contributed by atoms with Crippen LogP contribution in [0.5, 0.6) is 0 Å². The van der Waals surface area contributed by atoms with Gasteiger partial charge in [-0.1, -0.05) is 0 Å². The first kappa shape index (κ1) is 26.5. The quantitative estimate of drug-likeness (QED) is 0.331. The van der Waals surface area contributed by atoms with E-state index in [1.165, 1.54) is 51.4 Å². The average Bonchev–Trinajstić information content (AvgIpc) is 3.06. The van der Waals surface area contributed by atoms with E-state index in [4.69, 9.17) is 0 Å². The standard InChI is InChI=1S/2C10H15.2CH3.2ClH.H2Si.Ti/c2*1-3-4-5-10-7-6-9(2)8-10;;;;;;/h2*8H,3-6H2,1-2H3;2*1H3;2*1H;1H2;. The number of allylic oxidation sites excluding steroid dienone is 8. The van der Waals surface area contributed by atoms with Gasteiger partial charge in [-0.2, -0.15) is 0 Å². The summed E-state index contributed by atoms with van der Waals surface area (Å²) in [6, 6.07) is 0. The Morgan fingerprint density at radius 3 is 1.46 bits per heavy atom. The summed E-state index contributed by atoms with van der Waals surface area (Å²) in [5.41, 5.74) is 6.64. The summed E-state index contributed by atoms with van der Waals surface area (Å²) in [4.78, 5) is 0. The van der Waals surface area contributed by atoms with E-state index in [1.807, 2.05) is 7.76 Å². The molecule has 0 radical (unpaired) electrons. The first-order valence-corrected chi connectivity index (χ1v) is 18.7. The van der Waals surface area contributed by atoms with Gasteiger partial charge in [-0.05, 0) is 0 Å². The van der Waals surface area contributed by atoms with Crippen LogP contribution in [0.4, 0.5) is 0 Å². The van der Waals surface area contributed by atoms with Crippen molar-refractivity contribution in [3.8, 4) is 0 Å². The minimum atomic E-state index is -2.77. The van der Waals surface area contributed by atoms with Gasteiger partial charge in [-0.15, -0.1) is 24.8 Å². The molecular formula is C22H40Cl2SiTi. The molecule has 0 aliphatic heterocycles. The largest absolute Gasteiger partial charge is 0.147 e. The van der Waals surface area contributed by atoms with Gasteiger partial charge in [0.1, 0.15) is 0 Å². The van der Waals surface area contributed by atoms with Crippen molar-refractivity contribution in [2.75, 3.05) is 0 Å².